The first-order valence-electron chi connectivity index (χ1n) is 5.56. The summed E-state index contributed by atoms with van der Waals surface area (Å²) in [5.41, 5.74) is 0.626. The van der Waals surface area contributed by atoms with Gasteiger partial charge >= 0.3 is 0 Å². The predicted octanol–water partition coefficient (Wildman–Crippen LogP) is 2.61. The van der Waals surface area contributed by atoms with E-state index < -0.39 is 0 Å². The van der Waals surface area contributed by atoms with Crippen LogP contribution in [-0.2, 0) is 9.47 Å². The first-order valence-corrected chi connectivity index (χ1v) is 6.35. The molecule has 1 aromatic carbocycles. The van der Waals surface area contributed by atoms with E-state index in [-0.39, 0.29) is 18.1 Å². The van der Waals surface area contributed by atoms with Crippen LogP contribution in [0.1, 0.15) is 18.0 Å². The van der Waals surface area contributed by atoms with E-state index in [0.717, 1.165) is 4.47 Å². The molecule has 94 valence electrons. The monoisotopic (exact) mass is 303 g/mol. The average molecular weight is 304 g/mol. The summed E-state index contributed by atoms with van der Waals surface area (Å²) in [5, 5.41) is 3.09. The van der Waals surface area contributed by atoms with Crippen LogP contribution in [0.15, 0.2) is 22.7 Å². The minimum Gasteiger partial charge on any atom is -0.350 e. The van der Waals surface area contributed by atoms with Crippen molar-refractivity contribution in [3.05, 3.63) is 34.1 Å². The van der Waals surface area contributed by atoms with E-state index in [2.05, 4.69) is 21.2 Å². The number of nitrogens with one attached hydrogen (secondary N) is 1. The van der Waals surface area contributed by atoms with Crippen molar-refractivity contribution in [3.8, 4) is 0 Å². The molecule has 5 heteroatoms. The Morgan fingerprint density at radius 1 is 1.47 bits per heavy atom. The fourth-order valence-electron chi connectivity index (χ4n) is 1.92. The smallest absolute Gasteiger partial charge is 0.159 e. The second-order valence-electron chi connectivity index (χ2n) is 3.91. The molecule has 0 aromatic heterocycles. The fourth-order valence-corrected chi connectivity index (χ4v) is 2.30. The molecule has 17 heavy (non-hydrogen) atoms. The zero-order chi connectivity index (χ0) is 12.3. The molecule has 0 saturated carbocycles. The van der Waals surface area contributed by atoms with Gasteiger partial charge in [0.1, 0.15) is 5.82 Å². The molecule has 0 bridgehead atoms. The van der Waals surface area contributed by atoms with Crippen LogP contribution in [0.5, 0.6) is 0 Å². The lowest BCUT2D eigenvalue weighted by molar-refractivity contribution is -0.0527. The van der Waals surface area contributed by atoms with E-state index in [1.165, 1.54) is 6.07 Å². The second-order valence-corrected chi connectivity index (χ2v) is 4.83. The topological polar surface area (TPSA) is 30.5 Å². The van der Waals surface area contributed by atoms with Gasteiger partial charge in [0, 0.05) is 22.5 Å². The Kier molecular flexibility index (Phi) is 4.50. The number of benzene rings is 1. The zero-order valence-electron chi connectivity index (χ0n) is 9.58. The largest absolute Gasteiger partial charge is 0.350 e. The lowest BCUT2D eigenvalue weighted by atomic mass is 10.0. The zero-order valence-corrected chi connectivity index (χ0v) is 11.2. The van der Waals surface area contributed by atoms with E-state index in [4.69, 9.17) is 9.47 Å². The third kappa shape index (κ3) is 3.25. The first-order chi connectivity index (χ1) is 8.20. The van der Waals surface area contributed by atoms with Crippen LogP contribution in [0.25, 0.3) is 0 Å². The summed E-state index contributed by atoms with van der Waals surface area (Å²) in [5.74, 6) is -0.217. The second kappa shape index (κ2) is 5.91. The van der Waals surface area contributed by atoms with E-state index >= 15 is 0 Å². The molecule has 1 atom stereocenters. The van der Waals surface area contributed by atoms with Gasteiger partial charge in [-0.1, -0.05) is 15.9 Å². The summed E-state index contributed by atoms with van der Waals surface area (Å²) < 4.78 is 25.4. The molecule has 1 aliphatic rings. The Morgan fingerprint density at radius 3 is 2.82 bits per heavy atom. The van der Waals surface area contributed by atoms with Gasteiger partial charge in [-0.25, -0.2) is 4.39 Å². The summed E-state index contributed by atoms with van der Waals surface area (Å²) in [4.78, 5) is 0. The van der Waals surface area contributed by atoms with Crippen LogP contribution in [0.2, 0.25) is 0 Å². The van der Waals surface area contributed by atoms with Gasteiger partial charge in [-0.05, 0) is 25.2 Å². The first kappa shape index (κ1) is 13.0. The van der Waals surface area contributed by atoms with Crippen LogP contribution in [0, 0.1) is 5.82 Å². The van der Waals surface area contributed by atoms with Gasteiger partial charge in [-0.15, -0.1) is 0 Å². The van der Waals surface area contributed by atoms with E-state index in [9.17, 15) is 4.39 Å². The summed E-state index contributed by atoms with van der Waals surface area (Å²) in [7, 11) is 1.81. The number of ether oxygens (including phenoxy) is 2. The van der Waals surface area contributed by atoms with Gasteiger partial charge in [-0.3, -0.25) is 0 Å². The molecule has 0 radical (unpaired) electrons. The van der Waals surface area contributed by atoms with Crippen LogP contribution < -0.4 is 5.32 Å². The van der Waals surface area contributed by atoms with Crippen molar-refractivity contribution in [1.82, 2.24) is 5.32 Å². The van der Waals surface area contributed by atoms with Crippen molar-refractivity contribution in [3.63, 3.8) is 0 Å². The molecule has 1 heterocycles. The van der Waals surface area contributed by atoms with E-state index in [1.807, 2.05) is 0 Å². The Balaban J connectivity index is 2.13. The van der Waals surface area contributed by atoms with E-state index in [0.29, 0.717) is 25.2 Å². The maximum atomic E-state index is 13.7. The predicted molar refractivity (Wildman–Crippen MR) is 66.2 cm³/mol. The Labute approximate surface area is 108 Å². The molecule has 1 saturated heterocycles. The molecule has 0 amide bonds. The summed E-state index contributed by atoms with van der Waals surface area (Å²) >= 11 is 3.35. The van der Waals surface area contributed by atoms with Crippen molar-refractivity contribution in [2.75, 3.05) is 20.3 Å². The molecular weight excluding hydrogens is 289 g/mol. The molecule has 0 aliphatic carbocycles. The lowest BCUT2D eigenvalue weighted by Gasteiger charge is -2.20. The van der Waals surface area contributed by atoms with Gasteiger partial charge in [-0.2, -0.15) is 0 Å². The number of halogens is 2. The Hall–Kier alpha value is -0.490. The molecule has 1 N–H and O–H groups in total. The molecule has 0 spiro atoms. The van der Waals surface area contributed by atoms with Gasteiger partial charge in [0.15, 0.2) is 6.29 Å². The highest BCUT2D eigenvalue weighted by molar-refractivity contribution is 9.10. The average Bonchev–Trinajstić information content (AvgIpc) is 2.82. The molecule has 1 unspecified atom stereocenters. The standard InChI is InChI=1S/C12H15BrFNO2/c1-15-11(7-12-16-4-5-17-12)9-6-8(13)2-3-10(9)14/h2-3,6,11-12,15H,4-5,7H2,1H3. The minimum atomic E-state index is -0.245. The van der Waals surface area contributed by atoms with Gasteiger partial charge in [0.25, 0.3) is 0 Å². The van der Waals surface area contributed by atoms with Crippen LogP contribution >= 0.6 is 15.9 Å². The summed E-state index contributed by atoms with van der Waals surface area (Å²) in [6.07, 6.45) is 0.356. The highest BCUT2D eigenvalue weighted by Crippen LogP contribution is 2.26. The van der Waals surface area contributed by atoms with Crippen molar-refractivity contribution in [2.24, 2.45) is 0 Å². The lowest BCUT2D eigenvalue weighted by Crippen LogP contribution is -2.23. The highest BCUT2D eigenvalue weighted by atomic mass is 79.9. The van der Waals surface area contributed by atoms with Gasteiger partial charge in [0.2, 0.25) is 0 Å². The molecule has 2 rings (SSSR count). The van der Waals surface area contributed by atoms with Crippen molar-refractivity contribution >= 4 is 15.9 Å². The number of hydrogen-bond donors (Lipinski definition) is 1. The quantitative estimate of drug-likeness (QED) is 0.927. The fraction of sp³-hybridized carbons (Fsp3) is 0.500. The van der Waals surface area contributed by atoms with Crippen LogP contribution in [-0.4, -0.2) is 26.6 Å². The van der Waals surface area contributed by atoms with Gasteiger partial charge < -0.3 is 14.8 Å². The van der Waals surface area contributed by atoms with Crippen molar-refractivity contribution in [1.29, 1.82) is 0 Å². The third-order valence-electron chi connectivity index (χ3n) is 2.80. The number of rotatable bonds is 4. The summed E-state index contributed by atoms with van der Waals surface area (Å²) in [6, 6.07) is 4.82. The van der Waals surface area contributed by atoms with E-state index in [1.54, 1.807) is 19.2 Å². The molecule has 1 aliphatic heterocycles. The van der Waals surface area contributed by atoms with Crippen LogP contribution in [0.4, 0.5) is 4.39 Å². The van der Waals surface area contributed by atoms with Crippen LogP contribution in [0.3, 0.4) is 0 Å². The Bertz CT molecular complexity index is 383. The third-order valence-corrected chi connectivity index (χ3v) is 3.29. The summed E-state index contributed by atoms with van der Waals surface area (Å²) in [6.45, 7) is 1.23. The molecule has 1 aromatic rings. The normalized spacial score (nSPS) is 18.5. The minimum absolute atomic E-state index is 0.115. The SMILES string of the molecule is CNC(CC1OCCO1)c1cc(Br)ccc1F. The maximum absolute atomic E-state index is 13.7. The molecule has 3 nitrogen and oxygen atoms in total. The Morgan fingerprint density at radius 2 is 2.18 bits per heavy atom. The van der Waals surface area contributed by atoms with Gasteiger partial charge in [0.05, 0.1) is 13.2 Å². The number of hydrogen-bond acceptors (Lipinski definition) is 3. The van der Waals surface area contributed by atoms with Crippen molar-refractivity contribution < 1.29 is 13.9 Å². The molecular formula is C12H15BrFNO2. The van der Waals surface area contributed by atoms with Crippen molar-refractivity contribution in [2.45, 2.75) is 18.8 Å². The highest BCUT2D eigenvalue weighted by Gasteiger charge is 2.23. The maximum Gasteiger partial charge on any atom is 0.159 e. The molecule has 1 fully saturated rings.